The van der Waals surface area contributed by atoms with E-state index in [4.69, 9.17) is 4.74 Å². The number of nitro groups is 1. The van der Waals surface area contributed by atoms with Crippen LogP contribution in [0.4, 0.5) is 5.69 Å². The number of imide groups is 1. The highest BCUT2D eigenvalue weighted by Crippen LogP contribution is 2.30. The van der Waals surface area contributed by atoms with Crippen molar-refractivity contribution >= 4 is 29.4 Å². The molecule has 10 nitrogen and oxygen atoms in total. The molecule has 10 heteroatoms. The number of fused-ring (bicyclic) bond motifs is 1. The van der Waals surface area contributed by atoms with Crippen molar-refractivity contribution in [2.24, 2.45) is 0 Å². The van der Waals surface area contributed by atoms with Crippen molar-refractivity contribution < 1.29 is 28.8 Å². The quantitative estimate of drug-likeness (QED) is 0.300. The van der Waals surface area contributed by atoms with E-state index in [1.807, 2.05) is 0 Å². The normalized spacial score (nSPS) is 12.8. The SMILES string of the molecule is CCN(CC)C(=O)COC(=O)CN1C(=O)c2cccc([N+](=O)[O-])c2C1=O. The van der Waals surface area contributed by atoms with Crippen LogP contribution in [0.25, 0.3) is 0 Å². The van der Waals surface area contributed by atoms with E-state index in [1.54, 1.807) is 13.8 Å². The Morgan fingerprint density at radius 2 is 1.85 bits per heavy atom. The number of esters is 1. The molecular formula is C16H17N3O7. The molecule has 0 aromatic heterocycles. The first kappa shape index (κ1) is 19.0. The van der Waals surface area contributed by atoms with Crippen LogP contribution in [-0.2, 0) is 14.3 Å². The molecule has 0 fully saturated rings. The number of hydrogen-bond acceptors (Lipinski definition) is 7. The molecule has 26 heavy (non-hydrogen) atoms. The molecule has 1 aromatic rings. The van der Waals surface area contributed by atoms with Gasteiger partial charge in [-0.1, -0.05) is 6.07 Å². The lowest BCUT2D eigenvalue weighted by atomic mass is 10.1. The number of nitrogens with zero attached hydrogens (tertiary/aromatic N) is 3. The lowest BCUT2D eigenvalue weighted by Gasteiger charge is -2.18. The molecule has 0 bridgehead atoms. The van der Waals surface area contributed by atoms with E-state index in [0.717, 1.165) is 6.07 Å². The number of amides is 3. The second-order valence-corrected chi connectivity index (χ2v) is 5.38. The first-order valence-electron chi connectivity index (χ1n) is 7.88. The predicted octanol–water partition coefficient (Wildman–Crippen LogP) is 0.602. The maximum Gasteiger partial charge on any atom is 0.326 e. The standard InChI is InChI=1S/C16H17N3O7/c1-3-17(4-2)12(20)9-26-13(21)8-18-15(22)10-6-5-7-11(19(24)25)14(10)16(18)23/h5-7H,3-4,8-9H2,1-2H3. The number of likely N-dealkylation sites (N-methyl/N-ethyl adjacent to an activating group) is 1. The maximum absolute atomic E-state index is 12.3. The average molecular weight is 363 g/mol. The molecule has 0 saturated heterocycles. The Morgan fingerprint density at radius 1 is 1.19 bits per heavy atom. The summed E-state index contributed by atoms with van der Waals surface area (Å²) in [6, 6.07) is 3.67. The van der Waals surface area contributed by atoms with Crippen molar-refractivity contribution in [3.05, 3.63) is 39.4 Å². The number of rotatable bonds is 7. The van der Waals surface area contributed by atoms with Crippen LogP contribution in [0.1, 0.15) is 34.6 Å². The minimum Gasteiger partial charge on any atom is -0.454 e. The van der Waals surface area contributed by atoms with Gasteiger partial charge < -0.3 is 9.64 Å². The summed E-state index contributed by atoms with van der Waals surface area (Å²) < 4.78 is 4.81. The number of ether oxygens (including phenoxy) is 1. The number of benzene rings is 1. The first-order valence-corrected chi connectivity index (χ1v) is 7.88. The summed E-state index contributed by atoms with van der Waals surface area (Å²) in [6.07, 6.45) is 0. The molecule has 0 aliphatic carbocycles. The van der Waals surface area contributed by atoms with E-state index < -0.39 is 47.5 Å². The van der Waals surface area contributed by atoms with Gasteiger partial charge in [0, 0.05) is 19.2 Å². The van der Waals surface area contributed by atoms with E-state index in [1.165, 1.54) is 17.0 Å². The van der Waals surface area contributed by atoms with Crippen LogP contribution in [-0.4, -0.2) is 64.7 Å². The molecule has 1 heterocycles. The molecule has 138 valence electrons. The van der Waals surface area contributed by atoms with Gasteiger partial charge in [-0.05, 0) is 19.9 Å². The van der Waals surface area contributed by atoms with E-state index in [0.29, 0.717) is 18.0 Å². The number of carbonyl (C=O) groups excluding carboxylic acids is 4. The molecule has 1 aromatic carbocycles. The molecule has 0 radical (unpaired) electrons. The van der Waals surface area contributed by atoms with Crippen molar-refractivity contribution in [2.75, 3.05) is 26.2 Å². The molecule has 0 saturated carbocycles. The fourth-order valence-corrected chi connectivity index (χ4v) is 2.60. The Morgan fingerprint density at radius 3 is 2.42 bits per heavy atom. The Bertz CT molecular complexity index is 786. The van der Waals surface area contributed by atoms with E-state index in [9.17, 15) is 29.3 Å². The molecule has 0 unspecified atom stereocenters. The van der Waals surface area contributed by atoms with E-state index in [2.05, 4.69) is 0 Å². The molecule has 1 aliphatic rings. The Kier molecular flexibility index (Phi) is 5.65. The van der Waals surface area contributed by atoms with E-state index in [-0.39, 0.29) is 11.1 Å². The molecule has 0 spiro atoms. The summed E-state index contributed by atoms with van der Waals surface area (Å²) in [4.78, 5) is 60.6. The van der Waals surface area contributed by atoms with Gasteiger partial charge in [-0.15, -0.1) is 0 Å². The van der Waals surface area contributed by atoms with Crippen LogP contribution in [0.5, 0.6) is 0 Å². The van der Waals surface area contributed by atoms with Crippen molar-refractivity contribution in [2.45, 2.75) is 13.8 Å². The van der Waals surface area contributed by atoms with Crippen molar-refractivity contribution in [3.63, 3.8) is 0 Å². The highest BCUT2D eigenvalue weighted by atomic mass is 16.6. The van der Waals surface area contributed by atoms with Gasteiger partial charge in [0.05, 0.1) is 10.5 Å². The van der Waals surface area contributed by atoms with Crippen molar-refractivity contribution in [1.29, 1.82) is 0 Å². The zero-order valence-electron chi connectivity index (χ0n) is 14.3. The van der Waals surface area contributed by atoms with Crippen LogP contribution < -0.4 is 0 Å². The van der Waals surface area contributed by atoms with Gasteiger partial charge in [-0.3, -0.25) is 34.2 Å². The molecule has 3 amide bonds. The summed E-state index contributed by atoms with van der Waals surface area (Å²) in [5.74, 6) is -3.12. The summed E-state index contributed by atoms with van der Waals surface area (Å²) >= 11 is 0. The highest BCUT2D eigenvalue weighted by molar-refractivity contribution is 6.24. The minimum absolute atomic E-state index is 0.142. The monoisotopic (exact) mass is 363 g/mol. The smallest absolute Gasteiger partial charge is 0.326 e. The van der Waals surface area contributed by atoms with Gasteiger partial charge in [0.15, 0.2) is 6.61 Å². The van der Waals surface area contributed by atoms with Gasteiger partial charge in [0.1, 0.15) is 12.1 Å². The van der Waals surface area contributed by atoms with Crippen molar-refractivity contribution in [3.8, 4) is 0 Å². The largest absolute Gasteiger partial charge is 0.454 e. The van der Waals surface area contributed by atoms with Gasteiger partial charge >= 0.3 is 5.97 Å². The van der Waals surface area contributed by atoms with Gasteiger partial charge in [0.2, 0.25) is 0 Å². The van der Waals surface area contributed by atoms with E-state index >= 15 is 0 Å². The summed E-state index contributed by atoms with van der Waals surface area (Å²) in [5, 5.41) is 11.0. The second-order valence-electron chi connectivity index (χ2n) is 5.38. The molecule has 0 atom stereocenters. The zero-order chi connectivity index (χ0) is 19.4. The third kappa shape index (κ3) is 3.53. The average Bonchev–Trinajstić information content (AvgIpc) is 2.86. The number of nitro benzene ring substituents is 1. The molecule has 1 aliphatic heterocycles. The highest BCUT2D eigenvalue weighted by Gasteiger charge is 2.41. The Hall–Kier alpha value is -3.30. The van der Waals surface area contributed by atoms with Crippen LogP contribution in [0.2, 0.25) is 0 Å². The second kappa shape index (κ2) is 7.72. The van der Waals surface area contributed by atoms with Crippen LogP contribution in [0.3, 0.4) is 0 Å². The molecule has 2 rings (SSSR count). The number of hydrogen-bond donors (Lipinski definition) is 0. The van der Waals surface area contributed by atoms with Gasteiger partial charge in [0.25, 0.3) is 23.4 Å². The van der Waals surface area contributed by atoms with Crippen molar-refractivity contribution in [1.82, 2.24) is 9.80 Å². The molecular weight excluding hydrogens is 346 g/mol. The summed E-state index contributed by atoms with van der Waals surface area (Å²) in [5.41, 5.74) is -1.00. The van der Waals surface area contributed by atoms with Gasteiger partial charge in [-0.2, -0.15) is 0 Å². The Labute approximate surface area is 148 Å². The lowest BCUT2D eigenvalue weighted by Crippen LogP contribution is -2.38. The predicted molar refractivity (Wildman–Crippen MR) is 87.4 cm³/mol. The van der Waals surface area contributed by atoms with Crippen LogP contribution in [0.15, 0.2) is 18.2 Å². The fourth-order valence-electron chi connectivity index (χ4n) is 2.60. The van der Waals surface area contributed by atoms with Crippen LogP contribution >= 0.6 is 0 Å². The summed E-state index contributed by atoms with van der Waals surface area (Å²) in [7, 11) is 0. The maximum atomic E-state index is 12.3. The molecule has 0 N–H and O–H groups in total. The third-order valence-corrected chi connectivity index (χ3v) is 3.93. The zero-order valence-corrected chi connectivity index (χ0v) is 14.3. The van der Waals surface area contributed by atoms with Gasteiger partial charge in [-0.25, -0.2) is 0 Å². The topological polar surface area (TPSA) is 127 Å². The third-order valence-electron chi connectivity index (χ3n) is 3.93. The number of carbonyl (C=O) groups is 4. The Balaban J connectivity index is 2.07. The first-order chi connectivity index (χ1) is 12.3. The summed E-state index contributed by atoms with van der Waals surface area (Å²) in [6.45, 7) is 3.21. The van der Waals surface area contributed by atoms with Crippen LogP contribution in [0, 0.1) is 10.1 Å². The lowest BCUT2D eigenvalue weighted by molar-refractivity contribution is -0.385. The minimum atomic E-state index is -0.956. The fraction of sp³-hybridized carbons (Fsp3) is 0.375.